The molecule has 0 aliphatic carbocycles. The molecule has 23 heavy (non-hydrogen) atoms. The topological polar surface area (TPSA) is 47.6 Å². The van der Waals surface area contributed by atoms with E-state index in [9.17, 15) is 4.79 Å². The van der Waals surface area contributed by atoms with Crippen LogP contribution in [0.4, 0.5) is 5.69 Å². The maximum Gasteiger partial charge on any atom is 0.262 e. The molecule has 5 heteroatoms. The van der Waals surface area contributed by atoms with Gasteiger partial charge in [0.2, 0.25) is 0 Å². The average Bonchev–Trinajstić information content (AvgIpc) is 2.53. The van der Waals surface area contributed by atoms with Crippen molar-refractivity contribution < 1.29 is 14.3 Å². The summed E-state index contributed by atoms with van der Waals surface area (Å²) in [6.07, 6.45) is 0. The van der Waals surface area contributed by atoms with Gasteiger partial charge in [0.25, 0.3) is 5.91 Å². The van der Waals surface area contributed by atoms with Gasteiger partial charge < -0.3 is 14.8 Å². The van der Waals surface area contributed by atoms with E-state index >= 15 is 0 Å². The number of nitrogens with one attached hydrogen (secondary N) is 1. The first kappa shape index (κ1) is 17.1. The Morgan fingerprint density at radius 3 is 2.48 bits per heavy atom. The Hall–Kier alpha value is -2.27. The second-order valence-electron chi connectivity index (χ2n) is 5.03. The average molecular weight is 376 g/mol. The molecule has 0 radical (unpaired) electrons. The van der Waals surface area contributed by atoms with Gasteiger partial charge in [-0.25, -0.2) is 0 Å². The molecular formula is C18H18BrNO3. The number of benzene rings is 2. The van der Waals surface area contributed by atoms with Crippen LogP contribution in [0.3, 0.4) is 0 Å². The Kier molecular flexibility index (Phi) is 6.23. The summed E-state index contributed by atoms with van der Waals surface area (Å²) in [7, 11) is 0. The highest BCUT2D eigenvalue weighted by molar-refractivity contribution is 9.10. The lowest BCUT2D eigenvalue weighted by Gasteiger charge is -2.12. The van der Waals surface area contributed by atoms with Gasteiger partial charge >= 0.3 is 0 Å². The van der Waals surface area contributed by atoms with Crippen LogP contribution in [0, 0.1) is 0 Å². The number of hydrogen-bond donors (Lipinski definition) is 1. The lowest BCUT2D eigenvalue weighted by Crippen LogP contribution is -2.20. The molecule has 120 valence electrons. The van der Waals surface area contributed by atoms with Crippen molar-refractivity contribution in [2.45, 2.75) is 6.92 Å². The highest BCUT2D eigenvalue weighted by Gasteiger charge is 2.08. The van der Waals surface area contributed by atoms with Crippen LogP contribution in [0.5, 0.6) is 11.5 Å². The van der Waals surface area contributed by atoms with Crippen LogP contribution in [0.2, 0.25) is 0 Å². The molecule has 0 aliphatic heterocycles. The zero-order valence-electron chi connectivity index (χ0n) is 12.8. The van der Waals surface area contributed by atoms with Gasteiger partial charge in [0, 0.05) is 4.47 Å². The number of rotatable bonds is 7. The van der Waals surface area contributed by atoms with E-state index in [-0.39, 0.29) is 12.5 Å². The molecule has 0 aromatic heterocycles. The molecule has 0 saturated heterocycles. The molecule has 0 saturated carbocycles. The fourth-order valence-electron chi connectivity index (χ4n) is 1.76. The molecule has 2 rings (SSSR count). The number of hydrogen-bond acceptors (Lipinski definition) is 3. The number of ether oxygens (including phenoxy) is 2. The van der Waals surface area contributed by atoms with E-state index in [2.05, 4.69) is 27.8 Å². The first-order valence-corrected chi connectivity index (χ1v) is 7.88. The standard InChI is InChI=1S/C18H18BrNO3/c1-13(2)11-23-17-6-4-3-5-16(17)20-18(21)12-22-15-9-7-14(19)8-10-15/h3-10H,1,11-12H2,2H3,(H,20,21). The smallest absolute Gasteiger partial charge is 0.262 e. The summed E-state index contributed by atoms with van der Waals surface area (Å²) in [5.41, 5.74) is 1.52. The number of carbonyl (C=O) groups is 1. The largest absolute Gasteiger partial charge is 0.487 e. The molecule has 0 fully saturated rings. The highest BCUT2D eigenvalue weighted by Crippen LogP contribution is 2.24. The van der Waals surface area contributed by atoms with Crippen molar-refractivity contribution in [3.05, 3.63) is 65.2 Å². The molecule has 0 spiro atoms. The second kappa shape index (κ2) is 8.39. The minimum Gasteiger partial charge on any atom is -0.487 e. The fourth-order valence-corrected chi connectivity index (χ4v) is 2.03. The third-order valence-electron chi connectivity index (χ3n) is 2.82. The number of amides is 1. The van der Waals surface area contributed by atoms with Crippen LogP contribution in [0.25, 0.3) is 0 Å². The first-order valence-electron chi connectivity index (χ1n) is 7.09. The second-order valence-corrected chi connectivity index (χ2v) is 5.95. The van der Waals surface area contributed by atoms with E-state index in [1.165, 1.54) is 0 Å². The number of carbonyl (C=O) groups excluding carboxylic acids is 1. The quantitative estimate of drug-likeness (QED) is 0.728. The third kappa shape index (κ3) is 5.79. The van der Waals surface area contributed by atoms with Gasteiger partial charge in [0.15, 0.2) is 6.61 Å². The summed E-state index contributed by atoms with van der Waals surface area (Å²) >= 11 is 3.35. The molecule has 1 N–H and O–H groups in total. The number of halogens is 1. The Balaban J connectivity index is 1.92. The SMILES string of the molecule is C=C(C)COc1ccccc1NC(=O)COc1ccc(Br)cc1. The summed E-state index contributed by atoms with van der Waals surface area (Å²) in [6.45, 7) is 6.01. The Bertz CT molecular complexity index is 683. The first-order chi connectivity index (χ1) is 11.0. The van der Waals surface area contributed by atoms with Crippen LogP contribution in [-0.2, 0) is 4.79 Å². The van der Waals surface area contributed by atoms with Gasteiger partial charge in [0.1, 0.15) is 18.1 Å². The van der Waals surface area contributed by atoms with Crippen molar-refractivity contribution in [3.8, 4) is 11.5 Å². The minimum absolute atomic E-state index is 0.0730. The van der Waals surface area contributed by atoms with Crippen LogP contribution < -0.4 is 14.8 Å². The zero-order chi connectivity index (χ0) is 16.7. The maximum atomic E-state index is 12.0. The predicted octanol–water partition coefficient (Wildman–Crippen LogP) is 4.42. The molecule has 0 heterocycles. The van der Waals surface area contributed by atoms with E-state index in [0.29, 0.717) is 23.8 Å². The summed E-state index contributed by atoms with van der Waals surface area (Å²) < 4.78 is 12.0. The Morgan fingerprint density at radius 1 is 1.09 bits per heavy atom. The van der Waals surface area contributed by atoms with Crippen molar-refractivity contribution in [3.63, 3.8) is 0 Å². The van der Waals surface area contributed by atoms with Gasteiger partial charge in [-0.05, 0) is 48.9 Å². The maximum absolute atomic E-state index is 12.0. The Labute approximate surface area is 144 Å². The lowest BCUT2D eigenvalue weighted by molar-refractivity contribution is -0.118. The molecular weight excluding hydrogens is 358 g/mol. The van der Waals surface area contributed by atoms with E-state index < -0.39 is 0 Å². The van der Waals surface area contributed by atoms with Crippen molar-refractivity contribution in [1.29, 1.82) is 0 Å². The lowest BCUT2D eigenvalue weighted by atomic mass is 10.3. The predicted molar refractivity (Wildman–Crippen MR) is 95.0 cm³/mol. The number of para-hydroxylation sites is 2. The summed E-state index contributed by atoms with van der Waals surface area (Å²) in [4.78, 5) is 12.0. The van der Waals surface area contributed by atoms with Crippen molar-refractivity contribution >= 4 is 27.5 Å². The van der Waals surface area contributed by atoms with Crippen molar-refractivity contribution in [1.82, 2.24) is 0 Å². The molecule has 0 unspecified atom stereocenters. The van der Waals surface area contributed by atoms with Gasteiger partial charge in [0.05, 0.1) is 5.69 Å². The van der Waals surface area contributed by atoms with E-state index in [1.54, 1.807) is 24.3 Å². The molecule has 2 aromatic rings. The minimum atomic E-state index is -0.251. The van der Waals surface area contributed by atoms with E-state index in [4.69, 9.17) is 9.47 Å². The molecule has 0 bridgehead atoms. The molecule has 0 aliphatic rings. The third-order valence-corrected chi connectivity index (χ3v) is 3.35. The molecule has 1 amide bonds. The molecule has 0 atom stereocenters. The van der Waals surface area contributed by atoms with Gasteiger partial charge in [-0.2, -0.15) is 0 Å². The summed E-state index contributed by atoms with van der Waals surface area (Å²) in [5.74, 6) is 0.988. The monoisotopic (exact) mass is 375 g/mol. The van der Waals surface area contributed by atoms with Crippen LogP contribution in [-0.4, -0.2) is 19.1 Å². The van der Waals surface area contributed by atoms with E-state index in [0.717, 1.165) is 10.0 Å². The summed E-state index contributed by atoms with van der Waals surface area (Å²) in [5, 5.41) is 2.79. The van der Waals surface area contributed by atoms with Crippen LogP contribution in [0.15, 0.2) is 65.2 Å². The highest BCUT2D eigenvalue weighted by atomic mass is 79.9. The summed E-state index contributed by atoms with van der Waals surface area (Å²) in [6, 6.07) is 14.6. The normalized spacial score (nSPS) is 10.0. The Morgan fingerprint density at radius 2 is 1.78 bits per heavy atom. The molecule has 2 aromatic carbocycles. The van der Waals surface area contributed by atoms with Crippen molar-refractivity contribution in [2.75, 3.05) is 18.5 Å². The van der Waals surface area contributed by atoms with Gasteiger partial charge in [-0.3, -0.25) is 4.79 Å². The van der Waals surface area contributed by atoms with Gasteiger partial charge in [-0.15, -0.1) is 0 Å². The van der Waals surface area contributed by atoms with Crippen LogP contribution >= 0.6 is 15.9 Å². The molecule has 4 nitrogen and oxygen atoms in total. The fraction of sp³-hybridized carbons (Fsp3) is 0.167. The zero-order valence-corrected chi connectivity index (χ0v) is 14.4. The van der Waals surface area contributed by atoms with E-state index in [1.807, 2.05) is 31.2 Å². The van der Waals surface area contributed by atoms with Gasteiger partial charge in [-0.1, -0.05) is 34.6 Å². The van der Waals surface area contributed by atoms with Crippen LogP contribution in [0.1, 0.15) is 6.92 Å². The number of anilines is 1. The van der Waals surface area contributed by atoms with Crippen molar-refractivity contribution in [2.24, 2.45) is 0 Å².